The Bertz CT molecular complexity index is 2450. The molecule has 0 bridgehead atoms. The fourth-order valence-electron chi connectivity index (χ4n) is 7.81. The molecule has 4 N–H and O–H groups in total. The first kappa shape index (κ1) is 44.3. The standard InChI is InChI=1S/C40H49F4N11O7/c1-51-34-25(6-2-8-29(34)55(39(51)59)30-9-10-32(56)49-38(30)58)7-3-14-60-15-4-16-61-17-5-18-62-19-13-53-23-28(33(50-53)35(41)42)47-37(57)27-21-46-54-12-11-31(48-36(27)54)52-22-26(45)20-40(43,44)24-52/h2,6,8,11-12,21,23,26,30,35H,3-5,7,9-10,13-20,22,24,45H2,1H3,(H,47,57)(H,49,56,58)/t26-,30?/m1/s1. The molecule has 0 aliphatic carbocycles. The Kier molecular flexibility index (Phi) is 14.0. The van der Waals surface area contributed by atoms with E-state index >= 15 is 0 Å². The van der Waals surface area contributed by atoms with Crippen molar-refractivity contribution in [3.05, 3.63) is 70.2 Å². The van der Waals surface area contributed by atoms with Gasteiger partial charge in [0.1, 0.15) is 17.4 Å². The van der Waals surface area contributed by atoms with Crippen LogP contribution in [0.1, 0.15) is 72.6 Å². The highest BCUT2D eigenvalue weighted by molar-refractivity contribution is 6.08. The molecule has 18 nitrogen and oxygen atoms in total. The van der Waals surface area contributed by atoms with Crippen molar-refractivity contribution in [2.75, 3.05) is 62.9 Å². The lowest BCUT2D eigenvalue weighted by Crippen LogP contribution is -2.52. The summed E-state index contributed by atoms with van der Waals surface area (Å²) >= 11 is 0. The molecule has 2 aliphatic rings. The quantitative estimate of drug-likeness (QED) is 0.0585. The van der Waals surface area contributed by atoms with Gasteiger partial charge in [-0.05, 0) is 49.8 Å². The fourth-order valence-corrected chi connectivity index (χ4v) is 7.81. The number of imide groups is 1. The predicted octanol–water partition coefficient (Wildman–Crippen LogP) is 3.38. The highest BCUT2D eigenvalue weighted by Gasteiger charge is 2.40. The molecule has 2 atom stereocenters. The van der Waals surface area contributed by atoms with Crippen molar-refractivity contribution >= 4 is 45.9 Å². The minimum absolute atomic E-state index is 0.0508. The Morgan fingerprint density at radius 3 is 2.47 bits per heavy atom. The summed E-state index contributed by atoms with van der Waals surface area (Å²) in [6.07, 6.45) is 3.66. The molecule has 1 aromatic carbocycles. The van der Waals surface area contributed by atoms with Crippen molar-refractivity contribution < 1.29 is 46.2 Å². The number of ether oxygens (including phenoxy) is 3. The molecule has 0 radical (unpaired) electrons. The van der Waals surface area contributed by atoms with Crippen molar-refractivity contribution in [2.24, 2.45) is 12.8 Å². The van der Waals surface area contributed by atoms with Crippen LogP contribution in [0.3, 0.4) is 0 Å². The fraction of sp³-hybridized carbons (Fsp3) is 0.525. The van der Waals surface area contributed by atoms with Gasteiger partial charge in [0.05, 0.1) is 42.6 Å². The second-order valence-corrected chi connectivity index (χ2v) is 15.4. The number of nitrogens with two attached hydrogens (primary N) is 1. The summed E-state index contributed by atoms with van der Waals surface area (Å²) in [6.45, 7) is 2.19. The Balaban J connectivity index is 0.779. The van der Waals surface area contributed by atoms with Crippen LogP contribution in [0.5, 0.6) is 0 Å². The molecule has 2 aliphatic heterocycles. The molecule has 2 saturated heterocycles. The Morgan fingerprint density at radius 1 is 1.03 bits per heavy atom. The molecule has 22 heteroatoms. The van der Waals surface area contributed by atoms with Gasteiger partial charge in [-0.1, -0.05) is 12.1 Å². The molecular formula is C40H49F4N11O7. The van der Waals surface area contributed by atoms with Crippen molar-refractivity contribution in [3.8, 4) is 0 Å². The third-order valence-electron chi connectivity index (χ3n) is 10.7. The Morgan fingerprint density at radius 2 is 1.76 bits per heavy atom. The number of anilines is 2. The molecule has 7 rings (SSSR count). The summed E-state index contributed by atoms with van der Waals surface area (Å²) in [5.74, 6) is -4.42. The largest absolute Gasteiger partial charge is 0.381 e. The molecule has 62 heavy (non-hydrogen) atoms. The highest BCUT2D eigenvalue weighted by atomic mass is 19.3. The van der Waals surface area contributed by atoms with Gasteiger partial charge in [-0.3, -0.25) is 33.5 Å². The number of carbonyl (C=O) groups is 3. The number of hydrogen-bond donors (Lipinski definition) is 3. The molecular weight excluding hydrogens is 823 g/mol. The van der Waals surface area contributed by atoms with E-state index in [1.165, 1.54) is 43.3 Å². The lowest BCUT2D eigenvalue weighted by atomic mass is 10.0. The lowest BCUT2D eigenvalue weighted by Gasteiger charge is -2.36. The summed E-state index contributed by atoms with van der Waals surface area (Å²) in [4.78, 5) is 56.2. The monoisotopic (exact) mass is 871 g/mol. The van der Waals surface area contributed by atoms with E-state index < -0.39 is 54.9 Å². The molecule has 4 aromatic heterocycles. The molecule has 1 unspecified atom stereocenters. The van der Waals surface area contributed by atoms with Crippen LogP contribution in [0, 0.1) is 0 Å². The van der Waals surface area contributed by atoms with E-state index in [0.29, 0.717) is 57.8 Å². The number of hydrogen-bond acceptors (Lipinski definition) is 12. The van der Waals surface area contributed by atoms with Crippen LogP contribution in [0.25, 0.3) is 16.7 Å². The second kappa shape index (κ2) is 19.6. The van der Waals surface area contributed by atoms with E-state index in [-0.39, 0.29) is 66.9 Å². The summed E-state index contributed by atoms with van der Waals surface area (Å²) in [7, 11) is 1.68. The van der Waals surface area contributed by atoms with Crippen LogP contribution >= 0.6 is 0 Å². The number of rotatable bonds is 20. The van der Waals surface area contributed by atoms with Crippen LogP contribution < -0.4 is 27.0 Å². The van der Waals surface area contributed by atoms with Crippen molar-refractivity contribution in [1.82, 2.24) is 38.8 Å². The third kappa shape index (κ3) is 10.3. The van der Waals surface area contributed by atoms with Crippen LogP contribution in [0.2, 0.25) is 0 Å². The van der Waals surface area contributed by atoms with Gasteiger partial charge in [-0.15, -0.1) is 0 Å². The van der Waals surface area contributed by atoms with Gasteiger partial charge in [0.2, 0.25) is 11.8 Å². The molecule has 2 fully saturated rings. The van der Waals surface area contributed by atoms with Crippen LogP contribution in [-0.4, -0.2) is 116 Å². The molecule has 0 spiro atoms. The third-order valence-corrected chi connectivity index (χ3v) is 10.7. The number of halogens is 4. The van der Waals surface area contributed by atoms with Gasteiger partial charge in [-0.25, -0.2) is 31.9 Å². The number of aromatic nitrogens is 7. The Hall–Kier alpha value is -5.71. The SMILES string of the molecule is Cn1c(=O)n(C2CCC(=O)NC2=O)c2cccc(CCCOCCCOCCCOCCn3cc(NC(=O)c4cnn5ccc(N6C[C@H](N)CC(F)(F)C6)nc45)c(C(F)F)n3)c21. The number of aryl methyl sites for hydroxylation is 2. The minimum atomic E-state index is -3.01. The number of fused-ring (bicyclic) bond motifs is 2. The van der Waals surface area contributed by atoms with Crippen LogP contribution in [0.4, 0.5) is 29.1 Å². The summed E-state index contributed by atoms with van der Waals surface area (Å²) < 4.78 is 78.9. The zero-order valence-corrected chi connectivity index (χ0v) is 34.1. The molecule has 0 saturated carbocycles. The maximum absolute atomic E-state index is 14.2. The number of imidazole rings is 1. The van der Waals surface area contributed by atoms with E-state index in [4.69, 9.17) is 19.9 Å². The van der Waals surface area contributed by atoms with Gasteiger partial charge in [0.25, 0.3) is 18.3 Å². The van der Waals surface area contributed by atoms with E-state index in [1.54, 1.807) is 11.6 Å². The zero-order chi connectivity index (χ0) is 44.0. The van der Waals surface area contributed by atoms with Gasteiger partial charge in [0, 0.05) is 77.9 Å². The molecule has 3 amide bonds. The number of piperidine rings is 2. The maximum Gasteiger partial charge on any atom is 0.329 e. The van der Waals surface area contributed by atoms with Gasteiger partial charge < -0.3 is 30.2 Å². The topological polar surface area (TPSA) is 207 Å². The van der Waals surface area contributed by atoms with E-state index in [2.05, 4.69) is 25.8 Å². The summed E-state index contributed by atoms with van der Waals surface area (Å²) in [5, 5.41) is 12.8. The zero-order valence-electron chi connectivity index (χ0n) is 34.1. The predicted molar refractivity (Wildman–Crippen MR) is 216 cm³/mol. The number of nitrogens with zero attached hydrogens (tertiary/aromatic N) is 8. The first-order valence-electron chi connectivity index (χ1n) is 20.4. The minimum Gasteiger partial charge on any atom is -0.381 e. The van der Waals surface area contributed by atoms with Gasteiger partial charge in [-0.2, -0.15) is 10.2 Å². The molecule has 334 valence electrons. The summed E-state index contributed by atoms with van der Waals surface area (Å²) in [5.41, 5.74) is 7.07. The van der Waals surface area contributed by atoms with E-state index in [0.717, 1.165) is 17.5 Å². The van der Waals surface area contributed by atoms with Crippen molar-refractivity contribution in [1.29, 1.82) is 0 Å². The first-order chi connectivity index (χ1) is 29.8. The second-order valence-electron chi connectivity index (χ2n) is 15.4. The smallest absolute Gasteiger partial charge is 0.329 e. The Labute approximate surface area is 352 Å². The normalized spacial score (nSPS) is 18.0. The van der Waals surface area contributed by atoms with E-state index in [1.807, 2.05) is 18.2 Å². The van der Waals surface area contributed by atoms with E-state index in [9.17, 15) is 36.7 Å². The maximum atomic E-state index is 14.2. The number of para-hydroxylation sites is 1. The number of carbonyl (C=O) groups excluding carboxylic acids is 3. The van der Waals surface area contributed by atoms with Gasteiger partial charge in [0.15, 0.2) is 11.3 Å². The van der Waals surface area contributed by atoms with Crippen LogP contribution in [-0.2, 0) is 43.8 Å². The first-order valence-corrected chi connectivity index (χ1v) is 20.4. The number of amides is 3. The average molecular weight is 872 g/mol. The number of benzene rings is 1. The average Bonchev–Trinajstić information content (AvgIpc) is 3.91. The molecule has 6 heterocycles. The number of alkyl halides is 4. The molecule has 5 aromatic rings. The highest BCUT2D eigenvalue weighted by Crippen LogP contribution is 2.30. The van der Waals surface area contributed by atoms with Gasteiger partial charge >= 0.3 is 5.69 Å². The van der Waals surface area contributed by atoms with Crippen molar-refractivity contribution in [2.45, 2.75) is 75.9 Å². The van der Waals surface area contributed by atoms with Crippen molar-refractivity contribution in [3.63, 3.8) is 0 Å². The van der Waals surface area contributed by atoms with Crippen LogP contribution in [0.15, 0.2) is 47.7 Å². The summed E-state index contributed by atoms with van der Waals surface area (Å²) in [6, 6.07) is 5.61. The number of nitrogens with one attached hydrogen (secondary N) is 2. The lowest BCUT2D eigenvalue weighted by molar-refractivity contribution is -0.135.